The zero-order valence-electron chi connectivity index (χ0n) is 17.6. The van der Waals surface area contributed by atoms with Gasteiger partial charge in [-0.2, -0.15) is 0 Å². The van der Waals surface area contributed by atoms with Crippen LogP contribution in [0, 0.1) is 0 Å². The summed E-state index contributed by atoms with van der Waals surface area (Å²) in [5.41, 5.74) is 1.09. The minimum absolute atomic E-state index is 0.167. The molecule has 0 N–H and O–H groups in total. The molecular weight excluding hydrogens is 444 g/mol. The van der Waals surface area contributed by atoms with Crippen molar-refractivity contribution in [3.05, 3.63) is 47.5 Å². The van der Waals surface area contributed by atoms with Crippen molar-refractivity contribution in [3.63, 3.8) is 0 Å². The summed E-state index contributed by atoms with van der Waals surface area (Å²) < 4.78 is 9.09. The van der Waals surface area contributed by atoms with E-state index in [1.807, 2.05) is 24.4 Å². The summed E-state index contributed by atoms with van der Waals surface area (Å²) in [4.78, 5) is 32.1. The van der Waals surface area contributed by atoms with E-state index in [-0.39, 0.29) is 11.9 Å². The van der Waals surface area contributed by atoms with Crippen molar-refractivity contribution >= 4 is 47.1 Å². The Bertz CT molecular complexity index is 772. The molecular formula is C21H27ClN2O4S2. The van der Waals surface area contributed by atoms with Gasteiger partial charge >= 0.3 is 11.9 Å². The van der Waals surface area contributed by atoms with Crippen LogP contribution in [0.1, 0.15) is 38.3 Å². The second kappa shape index (κ2) is 15.1. The third-order valence-corrected chi connectivity index (χ3v) is 5.85. The lowest BCUT2D eigenvalue weighted by Crippen LogP contribution is -2.01. The Morgan fingerprint density at radius 3 is 1.77 bits per heavy atom. The fourth-order valence-corrected chi connectivity index (χ4v) is 3.68. The van der Waals surface area contributed by atoms with Crippen LogP contribution in [0.3, 0.4) is 0 Å². The molecule has 0 aliphatic heterocycles. The topological polar surface area (TPSA) is 78.4 Å². The standard InChI is InChI=1S/C12H17NO2S.C9H10ClNO2S/c1-9(2)11-5-4-10(8-13-11)16-7-6-12(14)15-3;1-13-9(12)4-5-14-7-2-3-8(10)11-6-7/h4-5,8-9H,6-7H2,1-3H3;2-3,6H,4-5H2,1H3. The van der Waals surface area contributed by atoms with E-state index in [4.69, 9.17) is 11.6 Å². The number of ether oxygens (including phenoxy) is 2. The summed E-state index contributed by atoms with van der Waals surface area (Å²) in [7, 11) is 2.79. The molecule has 0 saturated heterocycles. The van der Waals surface area contributed by atoms with Gasteiger partial charge in [-0.3, -0.25) is 14.6 Å². The summed E-state index contributed by atoms with van der Waals surface area (Å²) in [5.74, 6) is 1.51. The van der Waals surface area contributed by atoms with Crippen molar-refractivity contribution in [2.24, 2.45) is 0 Å². The molecule has 0 saturated carbocycles. The second-order valence-electron chi connectivity index (χ2n) is 6.24. The Morgan fingerprint density at radius 2 is 1.40 bits per heavy atom. The quantitative estimate of drug-likeness (QED) is 0.279. The van der Waals surface area contributed by atoms with E-state index in [1.54, 1.807) is 35.8 Å². The molecule has 0 fully saturated rings. The third-order valence-electron chi connectivity index (χ3n) is 3.66. The number of esters is 2. The van der Waals surface area contributed by atoms with Crippen molar-refractivity contribution in [2.75, 3.05) is 25.7 Å². The highest BCUT2D eigenvalue weighted by Crippen LogP contribution is 2.20. The molecule has 30 heavy (non-hydrogen) atoms. The normalized spacial score (nSPS) is 10.2. The van der Waals surface area contributed by atoms with Crippen LogP contribution in [0.15, 0.2) is 46.5 Å². The Balaban J connectivity index is 0.000000303. The van der Waals surface area contributed by atoms with Gasteiger partial charge in [0.2, 0.25) is 0 Å². The molecule has 2 heterocycles. The molecule has 6 nitrogen and oxygen atoms in total. The van der Waals surface area contributed by atoms with Crippen molar-refractivity contribution in [2.45, 2.75) is 42.4 Å². The van der Waals surface area contributed by atoms with Gasteiger partial charge in [0, 0.05) is 39.4 Å². The molecule has 0 aliphatic carbocycles. The highest BCUT2D eigenvalue weighted by Gasteiger charge is 2.03. The lowest BCUT2D eigenvalue weighted by Gasteiger charge is -2.05. The number of pyridine rings is 2. The van der Waals surface area contributed by atoms with E-state index in [9.17, 15) is 9.59 Å². The number of carbonyl (C=O) groups is 2. The van der Waals surface area contributed by atoms with Crippen molar-refractivity contribution in [1.29, 1.82) is 0 Å². The van der Waals surface area contributed by atoms with E-state index >= 15 is 0 Å². The Morgan fingerprint density at radius 1 is 0.900 bits per heavy atom. The molecule has 0 unspecified atom stereocenters. The largest absolute Gasteiger partial charge is 0.469 e. The molecule has 2 aromatic heterocycles. The fourth-order valence-electron chi connectivity index (χ4n) is 1.97. The summed E-state index contributed by atoms with van der Waals surface area (Å²) in [6.45, 7) is 4.23. The minimum Gasteiger partial charge on any atom is -0.469 e. The number of carbonyl (C=O) groups excluding carboxylic acids is 2. The molecule has 2 aromatic rings. The van der Waals surface area contributed by atoms with Crippen molar-refractivity contribution in [1.82, 2.24) is 9.97 Å². The Labute approximate surface area is 191 Å². The van der Waals surface area contributed by atoms with Gasteiger partial charge in [-0.05, 0) is 30.2 Å². The van der Waals surface area contributed by atoms with Crippen LogP contribution in [0.25, 0.3) is 0 Å². The van der Waals surface area contributed by atoms with Gasteiger partial charge in [0.25, 0.3) is 0 Å². The number of thioether (sulfide) groups is 2. The van der Waals surface area contributed by atoms with Crippen LogP contribution >= 0.6 is 35.1 Å². The summed E-state index contributed by atoms with van der Waals surface area (Å²) in [6, 6.07) is 7.68. The number of methoxy groups -OCH3 is 2. The summed E-state index contributed by atoms with van der Waals surface area (Å²) >= 11 is 8.80. The third kappa shape index (κ3) is 11.4. The molecule has 0 bridgehead atoms. The Kier molecular flexibility index (Phi) is 13.2. The number of nitrogens with zero attached hydrogens (tertiary/aromatic N) is 2. The molecule has 0 radical (unpaired) electrons. The number of rotatable bonds is 9. The maximum atomic E-state index is 10.9. The summed E-state index contributed by atoms with van der Waals surface area (Å²) in [5, 5.41) is 0.474. The molecule has 9 heteroatoms. The van der Waals surface area contributed by atoms with Gasteiger partial charge in [-0.15, -0.1) is 23.5 Å². The Hall–Kier alpha value is -1.77. The average molecular weight is 471 g/mol. The lowest BCUT2D eigenvalue weighted by molar-refractivity contribution is -0.141. The van der Waals surface area contributed by atoms with Crippen molar-refractivity contribution < 1.29 is 19.1 Å². The monoisotopic (exact) mass is 470 g/mol. The van der Waals surface area contributed by atoms with Crippen LogP contribution in [0.5, 0.6) is 0 Å². The predicted molar refractivity (Wildman–Crippen MR) is 122 cm³/mol. The predicted octanol–water partition coefficient (Wildman–Crippen LogP) is 5.25. The van der Waals surface area contributed by atoms with E-state index in [0.717, 1.165) is 21.2 Å². The SMILES string of the molecule is COC(=O)CCSc1ccc(C(C)C)nc1.COC(=O)CCSc1ccc(Cl)nc1. The first-order valence-electron chi connectivity index (χ1n) is 9.32. The number of halogens is 1. The van der Waals surface area contributed by atoms with Gasteiger partial charge in [0.15, 0.2) is 0 Å². The van der Waals surface area contributed by atoms with Gasteiger partial charge in [0.1, 0.15) is 5.15 Å². The zero-order valence-corrected chi connectivity index (χ0v) is 20.0. The average Bonchev–Trinajstić information content (AvgIpc) is 2.75. The second-order valence-corrected chi connectivity index (χ2v) is 8.96. The maximum Gasteiger partial charge on any atom is 0.306 e. The molecule has 0 amide bonds. The number of hydrogen-bond donors (Lipinski definition) is 0. The van der Waals surface area contributed by atoms with Crippen LogP contribution in [-0.2, 0) is 19.1 Å². The smallest absolute Gasteiger partial charge is 0.306 e. The molecule has 0 spiro atoms. The molecule has 0 aromatic carbocycles. The van der Waals surface area contributed by atoms with E-state index in [1.165, 1.54) is 14.2 Å². The van der Waals surface area contributed by atoms with E-state index in [0.29, 0.717) is 29.7 Å². The maximum absolute atomic E-state index is 10.9. The zero-order chi connectivity index (χ0) is 22.4. The number of hydrogen-bond acceptors (Lipinski definition) is 8. The number of aromatic nitrogens is 2. The first-order valence-corrected chi connectivity index (χ1v) is 11.7. The fraction of sp³-hybridized carbons (Fsp3) is 0.429. The molecule has 164 valence electrons. The lowest BCUT2D eigenvalue weighted by atomic mass is 10.1. The summed E-state index contributed by atoms with van der Waals surface area (Å²) in [6.07, 6.45) is 4.39. The van der Waals surface area contributed by atoms with Crippen LogP contribution in [-0.4, -0.2) is 47.6 Å². The van der Waals surface area contributed by atoms with Gasteiger partial charge in [0.05, 0.1) is 27.1 Å². The van der Waals surface area contributed by atoms with Gasteiger partial charge < -0.3 is 9.47 Å². The molecule has 2 rings (SSSR count). The van der Waals surface area contributed by atoms with Gasteiger partial charge in [-0.1, -0.05) is 25.4 Å². The van der Waals surface area contributed by atoms with Crippen LogP contribution in [0.4, 0.5) is 0 Å². The van der Waals surface area contributed by atoms with Crippen LogP contribution < -0.4 is 0 Å². The minimum atomic E-state index is -0.195. The van der Waals surface area contributed by atoms with E-state index in [2.05, 4.69) is 33.3 Å². The molecule has 0 atom stereocenters. The molecule has 0 aliphatic rings. The van der Waals surface area contributed by atoms with Crippen LogP contribution in [0.2, 0.25) is 5.15 Å². The van der Waals surface area contributed by atoms with Crippen molar-refractivity contribution in [3.8, 4) is 0 Å². The first kappa shape index (κ1) is 26.3. The van der Waals surface area contributed by atoms with Gasteiger partial charge in [-0.25, -0.2) is 4.98 Å². The highest BCUT2D eigenvalue weighted by atomic mass is 35.5. The van der Waals surface area contributed by atoms with E-state index < -0.39 is 0 Å². The first-order chi connectivity index (χ1) is 14.3. The highest BCUT2D eigenvalue weighted by molar-refractivity contribution is 7.99.